The van der Waals surface area contributed by atoms with E-state index in [9.17, 15) is 32.3 Å². The van der Waals surface area contributed by atoms with Crippen molar-refractivity contribution in [3.63, 3.8) is 0 Å². The maximum atomic E-state index is 15.9. The highest BCUT2D eigenvalue weighted by Crippen LogP contribution is 2.46. The van der Waals surface area contributed by atoms with Crippen molar-refractivity contribution >= 4 is 49.1 Å². The Morgan fingerprint density at radius 3 is 2.20 bits per heavy atom. The molecule has 320 valence electrons. The first-order chi connectivity index (χ1) is 27.5. The lowest BCUT2D eigenvalue weighted by Gasteiger charge is -2.48. The van der Waals surface area contributed by atoms with E-state index in [1.807, 2.05) is 6.07 Å². The molecule has 6 rings (SSSR count). The van der Waals surface area contributed by atoms with Crippen LogP contribution in [0.25, 0.3) is 0 Å². The van der Waals surface area contributed by atoms with E-state index in [1.165, 1.54) is 57.1 Å². The van der Waals surface area contributed by atoms with Crippen molar-refractivity contribution in [2.45, 2.75) is 41.9 Å². The maximum absolute atomic E-state index is 15.9. The van der Waals surface area contributed by atoms with Gasteiger partial charge in [-0.25, -0.2) is 30.4 Å². The van der Waals surface area contributed by atoms with Crippen LogP contribution in [0.15, 0.2) is 84.1 Å². The molecule has 2 fully saturated rings. The molecule has 15 nitrogen and oxygen atoms in total. The number of nitrogens with zero attached hydrogens (tertiary/aromatic N) is 7. The third-order valence-electron chi connectivity index (χ3n) is 10.7. The number of benzene rings is 3. The molecule has 2 saturated heterocycles. The number of aryl methyl sites for hydroxylation is 1. The van der Waals surface area contributed by atoms with Gasteiger partial charge in [0, 0.05) is 59.4 Å². The SMILES string of the molecule is Cl.Cn1cncc1C(CCCN1CCN(S(=O)(=O)c2cccc(O)c2)CC1)(c1ccc(C#N)c(F)c1)N(c1ccc(O)cc1)S(=O)C(C)(C)CS(=O)(=O)N1CCNCC1. The van der Waals surface area contributed by atoms with Crippen molar-refractivity contribution in [3.8, 4) is 17.6 Å². The van der Waals surface area contributed by atoms with Crippen LogP contribution in [0, 0.1) is 17.1 Å². The summed E-state index contributed by atoms with van der Waals surface area (Å²) >= 11 is 0. The Morgan fingerprint density at radius 1 is 0.932 bits per heavy atom. The fourth-order valence-electron chi connectivity index (χ4n) is 7.70. The molecule has 59 heavy (non-hydrogen) atoms. The normalized spacial score (nSPS) is 17.7. The van der Waals surface area contributed by atoms with Gasteiger partial charge in [0.2, 0.25) is 20.0 Å². The summed E-state index contributed by atoms with van der Waals surface area (Å²) in [6.45, 7) is 6.39. The highest BCUT2D eigenvalue weighted by molar-refractivity contribution is 7.92. The van der Waals surface area contributed by atoms with E-state index in [1.54, 1.807) is 60.5 Å². The summed E-state index contributed by atoms with van der Waals surface area (Å²) in [6.07, 6.45) is 3.73. The van der Waals surface area contributed by atoms with Gasteiger partial charge in [-0.3, -0.25) is 4.31 Å². The summed E-state index contributed by atoms with van der Waals surface area (Å²) in [5.74, 6) is -1.48. The molecule has 1 aromatic heterocycles. The van der Waals surface area contributed by atoms with Crippen LogP contribution in [0.5, 0.6) is 11.5 Å². The lowest BCUT2D eigenvalue weighted by Crippen LogP contribution is -2.57. The van der Waals surface area contributed by atoms with Crippen LogP contribution in [-0.4, -0.2) is 124 Å². The van der Waals surface area contributed by atoms with Gasteiger partial charge in [-0.05, 0) is 93.4 Å². The second kappa shape index (κ2) is 18.6. The third-order valence-corrected chi connectivity index (χ3v) is 16.9. The van der Waals surface area contributed by atoms with Gasteiger partial charge in [0.15, 0.2) is 0 Å². The molecular formula is C39H50ClFN8O7S3. The Balaban J connectivity index is 0.00000661. The molecule has 0 amide bonds. The van der Waals surface area contributed by atoms with E-state index >= 15 is 8.60 Å². The highest BCUT2D eigenvalue weighted by atomic mass is 35.5. The molecule has 4 aromatic rings. The molecule has 20 heteroatoms. The average molecular weight is 894 g/mol. The number of phenolic OH excluding ortho intramolecular Hbond substituents is 2. The molecule has 2 aliphatic heterocycles. The summed E-state index contributed by atoms with van der Waals surface area (Å²) in [6, 6.07) is 17.6. The highest BCUT2D eigenvalue weighted by Gasteiger charge is 2.50. The number of imidazole rings is 1. The maximum Gasteiger partial charge on any atom is 0.243 e. The monoisotopic (exact) mass is 892 g/mol. The quantitative estimate of drug-likeness (QED) is 0.158. The fourth-order valence-corrected chi connectivity index (χ4v) is 13.2. The topological polar surface area (TPSA) is 192 Å². The minimum Gasteiger partial charge on any atom is -0.508 e. The lowest BCUT2D eigenvalue weighted by atomic mass is 9.81. The van der Waals surface area contributed by atoms with Crippen LogP contribution in [0.1, 0.15) is 43.5 Å². The van der Waals surface area contributed by atoms with E-state index in [2.05, 4.69) is 15.2 Å². The zero-order chi connectivity index (χ0) is 41.9. The molecule has 2 unspecified atom stereocenters. The number of halogens is 2. The summed E-state index contributed by atoms with van der Waals surface area (Å²) in [5, 5.41) is 33.1. The van der Waals surface area contributed by atoms with Gasteiger partial charge in [0.1, 0.15) is 39.9 Å². The Labute approximate surface area is 354 Å². The van der Waals surface area contributed by atoms with Gasteiger partial charge in [-0.2, -0.15) is 13.9 Å². The molecule has 3 heterocycles. The zero-order valence-corrected chi connectivity index (χ0v) is 36.3. The second-order valence-corrected chi connectivity index (χ2v) is 21.0. The van der Waals surface area contributed by atoms with Crippen LogP contribution in [0.4, 0.5) is 10.1 Å². The van der Waals surface area contributed by atoms with E-state index in [-0.39, 0.29) is 67.0 Å². The average Bonchev–Trinajstić information content (AvgIpc) is 3.64. The van der Waals surface area contributed by atoms with E-state index in [0.717, 1.165) is 0 Å². The second-order valence-electron chi connectivity index (χ2n) is 15.1. The number of piperazine rings is 2. The predicted molar refractivity (Wildman–Crippen MR) is 226 cm³/mol. The van der Waals surface area contributed by atoms with Crippen LogP contribution < -0.4 is 9.62 Å². The van der Waals surface area contributed by atoms with Gasteiger partial charge in [-0.15, -0.1) is 12.4 Å². The summed E-state index contributed by atoms with van der Waals surface area (Å²) < 4.78 is 90.7. The van der Waals surface area contributed by atoms with Crippen LogP contribution >= 0.6 is 12.4 Å². The fraction of sp³-hybridized carbons (Fsp3) is 0.436. The number of sulfonamides is 2. The van der Waals surface area contributed by atoms with E-state index < -0.39 is 52.9 Å². The van der Waals surface area contributed by atoms with Crippen molar-refractivity contribution in [3.05, 3.63) is 102 Å². The van der Waals surface area contributed by atoms with Gasteiger partial charge in [-0.1, -0.05) is 12.1 Å². The number of aromatic hydroxyl groups is 2. The molecule has 0 spiro atoms. The lowest BCUT2D eigenvalue weighted by molar-refractivity contribution is 0.182. The van der Waals surface area contributed by atoms with Crippen molar-refractivity contribution in [1.82, 2.24) is 28.4 Å². The first-order valence-electron chi connectivity index (χ1n) is 18.9. The van der Waals surface area contributed by atoms with Crippen molar-refractivity contribution < 1.29 is 35.6 Å². The summed E-state index contributed by atoms with van der Waals surface area (Å²) in [7, 11) is -8.21. The zero-order valence-electron chi connectivity index (χ0n) is 33.1. The third kappa shape index (κ3) is 9.76. The number of nitriles is 1. The van der Waals surface area contributed by atoms with Crippen molar-refractivity contribution in [2.24, 2.45) is 7.05 Å². The molecule has 0 radical (unpaired) electrons. The Morgan fingerprint density at radius 2 is 1.61 bits per heavy atom. The predicted octanol–water partition coefficient (Wildman–Crippen LogP) is 3.48. The van der Waals surface area contributed by atoms with Gasteiger partial charge in [0.05, 0.1) is 44.9 Å². The largest absolute Gasteiger partial charge is 0.508 e. The molecule has 3 aromatic carbocycles. The number of aromatic nitrogens is 2. The van der Waals surface area contributed by atoms with Gasteiger partial charge >= 0.3 is 0 Å². The molecule has 0 bridgehead atoms. The Hall–Kier alpha value is -4.13. The minimum absolute atomic E-state index is 0. The summed E-state index contributed by atoms with van der Waals surface area (Å²) in [4.78, 5) is 6.52. The number of hydrogen-bond acceptors (Lipinski definition) is 11. The molecule has 3 N–H and O–H groups in total. The number of nitrogens with one attached hydrogen (secondary N) is 1. The van der Waals surface area contributed by atoms with Gasteiger partial charge < -0.3 is 25.0 Å². The smallest absolute Gasteiger partial charge is 0.243 e. The van der Waals surface area contributed by atoms with Crippen molar-refractivity contribution in [2.75, 3.05) is 69.0 Å². The van der Waals surface area contributed by atoms with E-state index in [0.29, 0.717) is 56.1 Å². The first-order valence-corrected chi connectivity index (χ1v) is 23.0. The number of anilines is 1. The number of phenols is 2. The van der Waals surface area contributed by atoms with Crippen LogP contribution in [0.2, 0.25) is 0 Å². The standard InChI is InChI=1S/C39H49FN8O7S3.ClH/c1-38(2,28-57(52,53)46-18-15-42-16-19-46)56(51)48(32-10-12-33(49)13-11-32)39(37-27-43-29-44(37)3,31-9-8-30(26-41)36(40)24-31)14-5-17-45-20-22-47(23-21-45)58(54,55)35-7-4-6-34(50)25-35;/h4,6-13,24-25,27,29,42,49-50H,5,14-23,28H2,1-3H3;1H. The molecule has 0 aliphatic carbocycles. The summed E-state index contributed by atoms with van der Waals surface area (Å²) in [5.41, 5.74) is -0.530. The minimum atomic E-state index is -3.91. The number of hydrogen-bond donors (Lipinski definition) is 3. The molecule has 2 atom stereocenters. The Kier molecular flexibility index (Phi) is 14.5. The van der Waals surface area contributed by atoms with E-state index in [4.69, 9.17) is 0 Å². The molecular weight excluding hydrogens is 843 g/mol. The van der Waals surface area contributed by atoms with Crippen molar-refractivity contribution in [1.29, 1.82) is 5.26 Å². The molecule has 2 aliphatic rings. The van der Waals surface area contributed by atoms with Crippen LogP contribution in [0.3, 0.4) is 0 Å². The first kappa shape index (κ1) is 45.9. The van der Waals surface area contributed by atoms with Gasteiger partial charge in [0.25, 0.3) is 0 Å². The molecule has 0 saturated carbocycles. The number of rotatable bonds is 15. The Bertz CT molecular complexity index is 2380. The van der Waals surface area contributed by atoms with Crippen LogP contribution in [-0.2, 0) is 43.6 Å².